The van der Waals surface area contributed by atoms with Gasteiger partial charge in [-0.1, -0.05) is 6.07 Å². The van der Waals surface area contributed by atoms with Gasteiger partial charge in [-0.25, -0.2) is 4.98 Å². The van der Waals surface area contributed by atoms with Crippen LogP contribution in [0.2, 0.25) is 0 Å². The number of aromatic hydroxyl groups is 1. The van der Waals surface area contributed by atoms with Gasteiger partial charge in [-0.3, -0.25) is 9.69 Å². The summed E-state index contributed by atoms with van der Waals surface area (Å²) in [7, 11) is 0. The van der Waals surface area contributed by atoms with Crippen LogP contribution in [0.5, 0.6) is 17.2 Å². The lowest BCUT2D eigenvalue weighted by Gasteiger charge is -2.26. The number of fused-ring (bicyclic) bond motifs is 3. The standard InChI is InChI=1S/C28H26N4O6S/c33-19-13-17(29-3-5-32-6-8-35-9-7-32)14-22-23(19)26(34)24-25(28-30-4-10-39-28)31-18(27(24)38-22)11-16-1-2-20-21(12-16)37-15-36-20/h1-2,4,10,12-14,29,31,33H,3,5-9,11,15H2. The van der Waals surface area contributed by atoms with Crippen LogP contribution in [-0.2, 0) is 11.2 Å². The molecule has 0 atom stereocenters. The van der Waals surface area contributed by atoms with Gasteiger partial charge in [0.2, 0.25) is 12.2 Å². The molecule has 0 amide bonds. The average Bonchev–Trinajstić information content (AvgIpc) is 3.70. The number of hydrogen-bond acceptors (Lipinski definition) is 10. The Bertz CT molecular complexity index is 1720. The molecule has 2 aliphatic heterocycles. The Morgan fingerprint density at radius 1 is 1.10 bits per heavy atom. The molecule has 1 fully saturated rings. The van der Waals surface area contributed by atoms with E-state index in [-0.39, 0.29) is 23.4 Å². The first kappa shape index (κ1) is 24.0. The molecule has 0 unspecified atom stereocenters. The molecule has 3 N–H and O–H groups in total. The van der Waals surface area contributed by atoms with Crippen molar-refractivity contribution >= 4 is 39.0 Å². The molecule has 5 heterocycles. The highest BCUT2D eigenvalue weighted by atomic mass is 32.1. The maximum Gasteiger partial charge on any atom is 0.231 e. The number of anilines is 1. The van der Waals surface area contributed by atoms with Crippen molar-refractivity contribution < 1.29 is 23.7 Å². The first-order chi connectivity index (χ1) is 19.1. The van der Waals surface area contributed by atoms with Crippen molar-refractivity contribution in [2.24, 2.45) is 0 Å². The molecule has 10 nitrogen and oxygen atoms in total. The summed E-state index contributed by atoms with van der Waals surface area (Å²) in [4.78, 5) is 24.0. The minimum Gasteiger partial charge on any atom is -0.507 e. The Hall–Kier alpha value is -4.06. The molecule has 3 aromatic heterocycles. The fraction of sp³-hybridized carbons (Fsp3) is 0.286. The predicted octanol–water partition coefficient (Wildman–Crippen LogP) is 4.17. The zero-order chi connectivity index (χ0) is 26.3. The second-order valence-corrected chi connectivity index (χ2v) is 10.5. The van der Waals surface area contributed by atoms with Crippen molar-refractivity contribution in [3.05, 3.63) is 63.4 Å². The molecular formula is C28H26N4O6S. The number of thiazole rings is 1. The number of nitrogens with one attached hydrogen (secondary N) is 2. The third kappa shape index (κ3) is 4.48. The van der Waals surface area contributed by atoms with Crippen LogP contribution in [0.15, 0.2) is 51.1 Å². The van der Waals surface area contributed by atoms with Gasteiger partial charge in [-0.2, -0.15) is 0 Å². The topological polar surface area (TPSA) is 122 Å². The van der Waals surface area contributed by atoms with E-state index in [4.69, 9.17) is 18.6 Å². The normalized spacial score (nSPS) is 15.4. The van der Waals surface area contributed by atoms with Crippen molar-refractivity contribution in [2.75, 3.05) is 51.5 Å². The maximum absolute atomic E-state index is 13.8. The van der Waals surface area contributed by atoms with E-state index in [1.807, 2.05) is 23.6 Å². The lowest BCUT2D eigenvalue weighted by molar-refractivity contribution is 0.0398. The van der Waals surface area contributed by atoms with Gasteiger partial charge in [0.25, 0.3) is 0 Å². The van der Waals surface area contributed by atoms with Crippen LogP contribution in [0, 0.1) is 0 Å². The van der Waals surface area contributed by atoms with Crippen molar-refractivity contribution in [1.29, 1.82) is 0 Å². The van der Waals surface area contributed by atoms with E-state index in [9.17, 15) is 9.90 Å². The van der Waals surface area contributed by atoms with Crippen LogP contribution in [0.1, 0.15) is 11.3 Å². The molecule has 0 saturated carbocycles. The lowest BCUT2D eigenvalue weighted by Crippen LogP contribution is -2.39. The van der Waals surface area contributed by atoms with E-state index in [0.29, 0.717) is 57.4 Å². The summed E-state index contributed by atoms with van der Waals surface area (Å²) in [6, 6.07) is 9.12. The molecule has 200 valence electrons. The highest BCUT2D eigenvalue weighted by Gasteiger charge is 2.24. The predicted molar refractivity (Wildman–Crippen MR) is 148 cm³/mol. The first-order valence-corrected chi connectivity index (χ1v) is 13.7. The summed E-state index contributed by atoms with van der Waals surface area (Å²) >= 11 is 1.42. The van der Waals surface area contributed by atoms with Crippen LogP contribution in [0.4, 0.5) is 5.69 Å². The molecule has 0 spiro atoms. The monoisotopic (exact) mass is 546 g/mol. The van der Waals surface area contributed by atoms with Gasteiger partial charge >= 0.3 is 0 Å². The van der Waals surface area contributed by atoms with Gasteiger partial charge in [0.15, 0.2) is 17.1 Å². The number of aromatic amines is 1. The Morgan fingerprint density at radius 3 is 2.82 bits per heavy atom. The Labute approximate surface area is 226 Å². The highest BCUT2D eigenvalue weighted by Crippen LogP contribution is 2.37. The molecule has 2 aliphatic rings. The SMILES string of the molecule is O=c1c2c(O)cc(NCCN3CCOCC3)cc2oc2c(Cc3ccc4c(c3)OCO4)[nH]c(-c3nccs3)c12. The van der Waals surface area contributed by atoms with Crippen molar-refractivity contribution in [1.82, 2.24) is 14.9 Å². The largest absolute Gasteiger partial charge is 0.507 e. The molecule has 0 radical (unpaired) electrons. The van der Waals surface area contributed by atoms with Gasteiger partial charge in [-0.05, 0) is 17.7 Å². The zero-order valence-electron chi connectivity index (χ0n) is 21.0. The molecule has 7 rings (SSSR count). The molecule has 2 aromatic carbocycles. The molecule has 1 saturated heterocycles. The second kappa shape index (κ2) is 9.92. The number of ether oxygens (including phenoxy) is 3. The first-order valence-electron chi connectivity index (χ1n) is 12.8. The van der Waals surface area contributed by atoms with E-state index in [1.54, 1.807) is 18.3 Å². The summed E-state index contributed by atoms with van der Waals surface area (Å²) in [6.45, 7) is 5.02. The number of phenolic OH excluding ortho intramolecular Hbond substituents is 1. The van der Waals surface area contributed by atoms with Gasteiger partial charge in [0, 0.05) is 62.0 Å². The van der Waals surface area contributed by atoms with Crippen LogP contribution < -0.4 is 20.2 Å². The molecular weight excluding hydrogens is 520 g/mol. The zero-order valence-corrected chi connectivity index (χ0v) is 21.8. The number of rotatable bonds is 7. The molecule has 39 heavy (non-hydrogen) atoms. The summed E-state index contributed by atoms with van der Waals surface area (Å²) in [5, 5.41) is 17.3. The molecule has 0 bridgehead atoms. The Kier molecular flexibility index (Phi) is 6.11. The number of morpholine rings is 1. The summed E-state index contributed by atoms with van der Waals surface area (Å²) in [5.41, 5.74) is 3.43. The molecule has 5 aromatic rings. The fourth-order valence-corrected chi connectivity index (χ4v) is 5.82. The highest BCUT2D eigenvalue weighted by molar-refractivity contribution is 7.13. The Balaban J connectivity index is 1.29. The Morgan fingerprint density at radius 2 is 1.97 bits per heavy atom. The summed E-state index contributed by atoms with van der Waals surface area (Å²) in [6.07, 6.45) is 2.16. The van der Waals surface area contributed by atoms with Crippen LogP contribution in [0.3, 0.4) is 0 Å². The fourth-order valence-electron chi connectivity index (χ4n) is 5.18. The summed E-state index contributed by atoms with van der Waals surface area (Å²) < 4.78 is 22.8. The average molecular weight is 547 g/mol. The van der Waals surface area contributed by atoms with E-state index in [1.165, 1.54) is 11.3 Å². The lowest BCUT2D eigenvalue weighted by atomic mass is 10.1. The minimum absolute atomic E-state index is 0.124. The van der Waals surface area contributed by atoms with Gasteiger partial charge in [0.05, 0.1) is 30.0 Å². The number of benzene rings is 2. The van der Waals surface area contributed by atoms with Crippen LogP contribution in [-0.4, -0.2) is 66.2 Å². The van der Waals surface area contributed by atoms with Crippen LogP contribution >= 0.6 is 11.3 Å². The number of hydrogen-bond donors (Lipinski definition) is 3. The quantitative estimate of drug-likeness (QED) is 0.276. The van der Waals surface area contributed by atoms with Gasteiger partial charge in [0.1, 0.15) is 21.7 Å². The third-order valence-electron chi connectivity index (χ3n) is 7.10. The van der Waals surface area contributed by atoms with E-state index < -0.39 is 0 Å². The molecule has 11 heteroatoms. The smallest absolute Gasteiger partial charge is 0.231 e. The number of nitrogens with zero attached hydrogens (tertiary/aromatic N) is 2. The number of phenols is 1. The van der Waals surface area contributed by atoms with Gasteiger partial charge < -0.3 is 34.0 Å². The van der Waals surface area contributed by atoms with E-state index in [2.05, 4.69) is 20.2 Å². The second-order valence-electron chi connectivity index (χ2n) is 9.56. The van der Waals surface area contributed by atoms with Gasteiger partial charge in [-0.15, -0.1) is 11.3 Å². The summed E-state index contributed by atoms with van der Waals surface area (Å²) in [5.74, 6) is 1.27. The number of H-pyrrole nitrogens is 1. The third-order valence-corrected chi connectivity index (χ3v) is 7.89. The van der Waals surface area contributed by atoms with Crippen molar-refractivity contribution in [3.63, 3.8) is 0 Å². The number of aromatic nitrogens is 2. The molecule has 0 aliphatic carbocycles. The van der Waals surface area contributed by atoms with Crippen molar-refractivity contribution in [3.8, 4) is 28.0 Å². The van der Waals surface area contributed by atoms with Crippen molar-refractivity contribution in [2.45, 2.75) is 6.42 Å². The minimum atomic E-state index is -0.304. The maximum atomic E-state index is 13.8. The van der Waals surface area contributed by atoms with E-state index in [0.717, 1.165) is 44.1 Å². The van der Waals surface area contributed by atoms with Crippen LogP contribution in [0.25, 0.3) is 32.6 Å². The van der Waals surface area contributed by atoms with E-state index >= 15 is 0 Å².